The Hall–Kier alpha value is -3.48. The van der Waals surface area contributed by atoms with Crippen molar-refractivity contribution in [3.63, 3.8) is 0 Å². The fourth-order valence-electron chi connectivity index (χ4n) is 3.62. The number of aromatic hydroxyl groups is 1. The number of amides is 1. The molecule has 0 fully saturated rings. The smallest absolute Gasteiger partial charge is 0.275 e. The molecule has 1 atom stereocenters. The summed E-state index contributed by atoms with van der Waals surface area (Å²) in [5.74, 6) is -1.56. The summed E-state index contributed by atoms with van der Waals surface area (Å²) in [7, 11) is 0. The summed E-state index contributed by atoms with van der Waals surface area (Å²) >= 11 is 0. The summed E-state index contributed by atoms with van der Waals surface area (Å²) in [5.41, 5.74) is 2.04. The van der Waals surface area contributed by atoms with Gasteiger partial charge in [0.05, 0.1) is 6.20 Å². The molecular formula is C26H32FN3O3. The molecular weight excluding hydrogens is 421 g/mol. The van der Waals surface area contributed by atoms with Crippen molar-refractivity contribution in [2.45, 2.75) is 46.5 Å². The maximum absolute atomic E-state index is 13.9. The van der Waals surface area contributed by atoms with Gasteiger partial charge in [-0.3, -0.25) is 14.7 Å². The SMILES string of the molecule is CC.CCCN(CCC(c1ccc(C)cc1)c1cccc(F)c1)C(=O)c1[nH]ncc(=O)c1O. The van der Waals surface area contributed by atoms with Gasteiger partial charge in [-0.05, 0) is 43.0 Å². The van der Waals surface area contributed by atoms with Crippen LogP contribution < -0.4 is 5.43 Å². The molecule has 7 heteroatoms. The monoisotopic (exact) mass is 453 g/mol. The number of hydrogen-bond donors (Lipinski definition) is 2. The summed E-state index contributed by atoms with van der Waals surface area (Å²) in [6.45, 7) is 8.75. The predicted octanol–water partition coefficient (Wildman–Crippen LogP) is 5.02. The molecule has 0 saturated carbocycles. The molecule has 0 radical (unpaired) electrons. The number of H-pyrrole nitrogens is 1. The molecule has 0 aliphatic carbocycles. The number of aromatic amines is 1. The van der Waals surface area contributed by atoms with E-state index in [2.05, 4.69) is 10.2 Å². The molecule has 0 saturated heterocycles. The number of aromatic nitrogens is 2. The molecule has 2 aromatic carbocycles. The van der Waals surface area contributed by atoms with E-state index in [4.69, 9.17) is 0 Å². The van der Waals surface area contributed by atoms with Gasteiger partial charge in [0, 0.05) is 19.0 Å². The van der Waals surface area contributed by atoms with E-state index in [1.54, 1.807) is 11.0 Å². The van der Waals surface area contributed by atoms with Crippen molar-refractivity contribution in [3.05, 3.63) is 93.2 Å². The summed E-state index contributed by atoms with van der Waals surface area (Å²) in [4.78, 5) is 26.2. The van der Waals surface area contributed by atoms with Gasteiger partial charge < -0.3 is 10.0 Å². The lowest BCUT2D eigenvalue weighted by Gasteiger charge is -2.26. The number of halogens is 1. The lowest BCUT2D eigenvalue weighted by atomic mass is 9.88. The highest BCUT2D eigenvalue weighted by Gasteiger charge is 2.23. The van der Waals surface area contributed by atoms with Crippen LogP contribution in [0.5, 0.6) is 5.75 Å². The minimum atomic E-state index is -0.712. The van der Waals surface area contributed by atoms with E-state index >= 15 is 0 Å². The van der Waals surface area contributed by atoms with E-state index in [1.165, 1.54) is 12.1 Å². The van der Waals surface area contributed by atoms with Crippen LogP contribution in [0, 0.1) is 12.7 Å². The Bertz CT molecular complexity index is 1100. The van der Waals surface area contributed by atoms with Crippen LogP contribution in [0.2, 0.25) is 0 Å². The van der Waals surface area contributed by atoms with Crippen molar-refractivity contribution in [3.8, 4) is 5.75 Å². The van der Waals surface area contributed by atoms with E-state index in [9.17, 15) is 19.1 Å². The Kier molecular flexibility index (Phi) is 9.79. The van der Waals surface area contributed by atoms with Gasteiger partial charge in [0.15, 0.2) is 11.4 Å². The molecule has 0 spiro atoms. The maximum Gasteiger partial charge on any atom is 0.275 e. The van der Waals surface area contributed by atoms with E-state index in [-0.39, 0.29) is 17.4 Å². The molecule has 2 N–H and O–H groups in total. The average molecular weight is 454 g/mol. The molecule has 0 bridgehead atoms. The number of benzene rings is 2. The lowest BCUT2D eigenvalue weighted by molar-refractivity contribution is 0.0741. The number of nitrogens with zero attached hydrogens (tertiary/aromatic N) is 2. The predicted molar refractivity (Wildman–Crippen MR) is 128 cm³/mol. The topological polar surface area (TPSA) is 86.3 Å². The first-order chi connectivity index (χ1) is 15.9. The zero-order chi connectivity index (χ0) is 24.4. The Morgan fingerprint density at radius 2 is 1.82 bits per heavy atom. The molecule has 3 rings (SSSR count). The normalized spacial score (nSPS) is 11.3. The number of carbonyl (C=O) groups is 1. The Morgan fingerprint density at radius 3 is 2.45 bits per heavy atom. The fourth-order valence-corrected chi connectivity index (χ4v) is 3.62. The molecule has 1 amide bonds. The highest BCUT2D eigenvalue weighted by Crippen LogP contribution is 2.29. The summed E-state index contributed by atoms with van der Waals surface area (Å²) < 4.78 is 13.9. The van der Waals surface area contributed by atoms with Gasteiger partial charge in [-0.1, -0.05) is 62.7 Å². The second kappa shape index (κ2) is 12.5. The van der Waals surface area contributed by atoms with Gasteiger partial charge in [-0.25, -0.2) is 4.39 Å². The van der Waals surface area contributed by atoms with Crippen molar-refractivity contribution in [2.24, 2.45) is 0 Å². The van der Waals surface area contributed by atoms with Crippen molar-refractivity contribution >= 4 is 5.91 Å². The van der Waals surface area contributed by atoms with E-state index in [0.717, 1.165) is 22.9 Å². The van der Waals surface area contributed by atoms with Gasteiger partial charge in [0.1, 0.15) is 5.82 Å². The van der Waals surface area contributed by atoms with Crippen LogP contribution >= 0.6 is 0 Å². The van der Waals surface area contributed by atoms with Crippen LogP contribution in [0.15, 0.2) is 59.5 Å². The average Bonchev–Trinajstić information content (AvgIpc) is 2.82. The van der Waals surface area contributed by atoms with E-state index in [0.29, 0.717) is 25.9 Å². The summed E-state index contributed by atoms with van der Waals surface area (Å²) in [5, 5.41) is 16.1. The van der Waals surface area contributed by atoms with Crippen LogP contribution in [-0.2, 0) is 0 Å². The number of hydrogen-bond acceptors (Lipinski definition) is 4. The second-order valence-electron chi connectivity index (χ2n) is 7.56. The maximum atomic E-state index is 13.9. The molecule has 1 aromatic heterocycles. The highest BCUT2D eigenvalue weighted by atomic mass is 19.1. The molecule has 33 heavy (non-hydrogen) atoms. The number of rotatable bonds is 8. The van der Waals surface area contributed by atoms with E-state index in [1.807, 2.05) is 58.0 Å². The lowest BCUT2D eigenvalue weighted by Crippen LogP contribution is -2.35. The molecule has 176 valence electrons. The number of carbonyl (C=O) groups excluding carboxylic acids is 1. The van der Waals surface area contributed by atoms with Crippen molar-refractivity contribution in [1.29, 1.82) is 0 Å². The molecule has 6 nitrogen and oxygen atoms in total. The van der Waals surface area contributed by atoms with Crippen molar-refractivity contribution in [1.82, 2.24) is 15.1 Å². The Balaban J connectivity index is 0.00000187. The third-order valence-electron chi connectivity index (χ3n) is 5.24. The first-order valence-electron chi connectivity index (χ1n) is 11.3. The van der Waals surface area contributed by atoms with E-state index < -0.39 is 17.1 Å². The molecule has 3 aromatic rings. The summed E-state index contributed by atoms with van der Waals surface area (Å²) in [6, 6.07) is 14.5. The number of aryl methyl sites for hydroxylation is 1. The first-order valence-corrected chi connectivity index (χ1v) is 11.3. The molecule has 1 unspecified atom stereocenters. The highest BCUT2D eigenvalue weighted by molar-refractivity contribution is 5.94. The van der Waals surface area contributed by atoms with Gasteiger partial charge in [0.25, 0.3) is 5.91 Å². The van der Waals surface area contributed by atoms with Crippen LogP contribution in [0.4, 0.5) is 4.39 Å². The minimum Gasteiger partial charge on any atom is -0.502 e. The first kappa shape index (κ1) is 25.8. The van der Waals surface area contributed by atoms with Gasteiger partial charge in [0.2, 0.25) is 5.43 Å². The van der Waals surface area contributed by atoms with Gasteiger partial charge in [-0.2, -0.15) is 5.10 Å². The molecule has 1 heterocycles. The quantitative estimate of drug-likeness (QED) is 0.501. The second-order valence-corrected chi connectivity index (χ2v) is 7.56. The largest absolute Gasteiger partial charge is 0.502 e. The Labute approximate surface area is 194 Å². The van der Waals surface area contributed by atoms with Crippen LogP contribution in [0.1, 0.15) is 66.7 Å². The zero-order valence-electron chi connectivity index (χ0n) is 19.6. The third kappa shape index (κ3) is 6.75. The van der Waals surface area contributed by atoms with Crippen LogP contribution in [-0.4, -0.2) is 39.2 Å². The van der Waals surface area contributed by atoms with Gasteiger partial charge >= 0.3 is 0 Å². The third-order valence-corrected chi connectivity index (χ3v) is 5.24. The van der Waals surface area contributed by atoms with Gasteiger partial charge in [-0.15, -0.1) is 0 Å². The fraction of sp³-hybridized carbons (Fsp3) is 0.346. The van der Waals surface area contributed by atoms with Crippen LogP contribution in [0.3, 0.4) is 0 Å². The summed E-state index contributed by atoms with van der Waals surface area (Å²) in [6.07, 6.45) is 2.17. The molecule has 0 aliphatic rings. The van der Waals surface area contributed by atoms with Crippen molar-refractivity contribution in [2.75, 3.05) is 13.1 Å². The van der Waals surface area contributed by atoms with Crippen molar-refractivity contribution < 1.29 is 14.3 Å². The standard InChI is InChI=1S/C24H26FN3O3.C2H6/c1-3-12-28(24(31)22-23(30)21(29)15-26-27-22)13-11-20(17-9-7-16(2)8-10-17)18-5-4-6-19(25)14-18;1-2/h4-10,14-15,20H,3,11-13H2,1-2H3,(H,26,30)(H,27,29);1-2H3. The minimum absolute atomic E-state index is 0.120. The van der Waals surface area contributed by atoms with Crippen LogP contribution in [0.25, 0.3) is 0 Å². The zero-order valence-corrected chi connectivity index (χ0v) is 19.6. The Morgan fingerprint density at radius 1 is 1.12 bits per heavy atom. The number of nitrogens with one attached hydrogen (secondary N) is 1. The molecule has 0 aliphatic heterocycles.